The van der Waals surface area contributed by atoms with E-state index in [0.717, 1.165) is 18.4 Å². The molecule has 0 aliphatic heterocycles. The molecule has 0 unspecified atom stereocenters. The molecule has 27 heavy (non-hydrogen) atoms. The highest BCUT2D eigenvalue weighted by Gasteiger charge is 2.15. The maximum absolute atomic E-state index is 13.0. The summed E-state index contributed by atoms with van der Waals surface area (Å²) in [6.07, 6.45) is 3.50. The fourth-order valence-electron chi connectivity index (χ4n) is 2.50. The van der Waals surface area contributed by atoms with Crippen LogP contribution in [0.15, 0.2) is 52.5 Å². The Balaban J connectivity index is 1.97. The molecule has 2 aromatic heterocycles. The fourth-order valence-corrected chi connectivity index (χ4v) is 3.30. The second-order valence-corrected chi connectivity index (χ2v) is 7.05. The van der Waals surface area contributed by atoms with Crippen LogP contribution in [0, 0.1) is 6.92 Å². The average molecular weight is 383 g/mol. The molecule has 1 aromatic carbocycles. The molecular weight excluding hydrogens is 362 g/mol. The van der Waals surface area contributed by atoms with Crippen molar-refractivity contribution in [2.24, 2.45) is 0 Å². The number of nitrogens with zero attached hydrogens (tertiary/aromatic N) is 3. The number of carbonyl (C=O) groups excluding carboxylic acids is 1. The molecule has 7 heteroatoms. The molecule has 3 rings (SSSR count). The number of aryl methyl sites for hydroxylation is 1. The van der Waals surface area contributed by atoms with Crippen LogP contribution in [0.3, 0.4) is 0 Å². The summed E-state index contributed by atoms with van der Waals surface area (Å²) in [4.78, 5) is 33.9. The maximum Gasteiger partial charge on any atom is 0.316 e. The Labute approximate surface area is 161 Å². The second kappa shape index (κ2) is 8.81. The molecule has 0 fully saturated rings. The molecule has 0 aliphatic carbocycles. The van der Waals surface area contributed by atoms with Gasteiger partial charge in [-0.3, -0.25) is 9.59 Å². The molecule has 2 heterocycles. The number of ether oxygens (including phenoxy) is 1. The summed E-state index contributed by atoms with van der Waals surface area (Å²) >= 11 is 1.18. The third-order valence-electron chi connectivity index (χ3n) is 3.95. The number of hydrogen-bond donors (Lipinski definition) is 0. The van der Waals surface area contributed by atoms with Gasteiger partial charge < -0.3 is 4.74 Å². The Bertz CT molecular complexity index is 1000. The highest BCUT2D eigenvalue weighted by atomic mass is 32.2. The Hall–Kier alpha value is -2.67. The van der Waals surface area contributed by atoms with Crippen LogP contribution in [0.5, 0.6) is 0 Å². The summed E-state index contributed by atoms with van der Waals surface area (Å²) in [5.41, 5.74) is 1.38. The van der Waals surface area contributed by atoms with Gasteiger partial charge in [-0.1, -0.05) is 43.3 Å². The van der Waals surface area contributed by atoms with E-state index in [1.54, 1.807) is 30.5 Å². The average Bonchev–Trinajstić information content (AvgIpc) is 2.68. The van der Waals surface area contributed by atoms with Gasteiger partial charge in [0, 0.05) is 6.20 Å². The number of carbonyl (C=O) groups is 1. The first-order valence-electron chi connectivity index (χ1n) is 8.83. The summed E-state index contributed by atoms with van der Waals surface area (Å²) in [7, 11) is 0. The minimum absolute atomic E-state index is 0.0837. The van der Waals surface area contributed by atoms with Gasteiger partial charge in [0.1, 0.15) is 5.82 Å². The summed E-state index contributed by atoms with van der Waals surface area (Å²) in [5, 5.41) is 0.928. The van der Waals surface area contributed by atoms with E-state index in [1.807, 2.05) is 26.0 Å². The van der Waals surface area contributed by atoms with Gasteiger partial charge in [-0.2, -0.15) is 0 Å². The number of fused-ring (bicyclic) bond motifs is 1. The van der Waals surface area contributed by atoms with Crippen molar-refractivity contribution in [2.75, 3.05) is 12.4 Å². The number of pyridine rings is 1. The fraction of sp³-hybridized carbons (Fsp3) is 0.300. The van der Waals surface area contributed by atoms with Crippen molar-refractivity contribution >= 4 is 28.6 Å². The lowest BCUT2D eigenvalue weighted by molar-refractivity contribution is -0.140. The lowest BCUT2D eigenvalue weighted by Gasteiger charge is -2.12. The van der Waals surface area contributed by atoms with Gasteiger partial charge >= 0.3 is 5.97 Å². The highest BCUT2D eigenvalue weighted by molar-refractivity contribution is 7.99. The predicted octanol–water partition coefficient (Wildman–Crippen LogP) is 3.52. The van der Waals surface area contributed by atoms with Crippen LogP contribution in [0.1, 0.15) is 25.3 Å². The Morgan fingerprint density at radius 1 is 1.22 bits per heavy atom. The zero-order valence-electron chi connectivity index (χ0n) is 15.3. The van der Waals surface area contributed by atoms with E-state index in [-0.39, 0.29) is 17.3 Å². The van der Waals surface area contributed by atoms with E-state index in [9.17, 15) is 9.59 Å². The molecule has 0 atom stereocenters. The van der Waals surface area contributed by atoms with Gasteiger partial charge in [0.05, 0.1) is 23.3 Å². The van der Waals surface area contributed by atoms with Gasteiger partial charge in [0.25, 0.3) is 5.56 Å². The number of thioether (sulfide) groups is 1. The summed E-state index contributed by atoms with van der Waals surface area (Å²) < 4.78 is 6.64. The predicted molar refractivity (Wildman–Crippen MR) is 106 cm³/mol. The zero-order chi connectivity index (χ0) is 19.2. The number of unbranched alkanes of at least 4 members (excludes halogenated alkanes) is 1. The van der Waals surface area contributed by atoms with Crippen molar-refractivity contribution in [3.63, 3.8) is 0 Å². The van der Waals surface area contributed by atoms with Crippen molar-refractivity contribution in [1.29, 1.82) is 0 Å². The van der Waals surface area contributed by atoms with Crippen LogP contribution < -0.4 is 5.56 Å². The quantitative estimate of drug-likeness (QED) is 0.269. The zero-order valence-corrected chi connectivity index (χ0v) is 16.2. The molecule has 0 radical (unpaired) electrons. The molecule has 0 saturated carbocycles. The highest BCUT2D eigenvalue weighted by Crippen LogP contribution is 2.20. The van der Waals surface area contributed by atoms with E-state index < -0.39 is 0 Å². The van der Waals surface area contributed by atoms with Crippen molar-refractivity contribution in [3.05, 3.63) is 58.5 Å². The molecular formula is C20H21N3O3S. The molecule has 0 N–H and O–H groups in total. The number of rotatable bonds is 7. The molecule has 0 amide bonds. The van der Waals surface area contributed by atoms with Gasteiger partial charge in [-0.15, -0.1) is 0 Å². The monoisotopic (exact) mass is 383 g/mol. The van der Waals surface area contributed by atoms with Gasteiger partial charge in [0.2, 0.25) is 0 Å². The Morgan fingerprint density at radius 3 is 2.78 bits per heavy atom. The summed E-state index contributed by atoms with van der Waals surface area (Å²) in [6, 6.07) is 10.8. The van der Waals surface area contributed by atoms with Crippen molar-refractivity contribution in [2.45, 2.75) is 31.8 Å². The van der Waals surface area contributed by atoms with Crippen molar-refractivity contribution < 1.29 is 9.53 Å². The molecule has 3 aromatic rings. The van der Waals surface area contributed by atoms with Gasteiger partial charge in [-0.05, 0) is 37.1 Å². The largest absolute Gasteiger partial charge is 0.465 e. The first-order chi connectivity index (χ1) is 13.1. The van der Waals surface area contributed by atoms with E-state index >= 15 is 0 Å². The van der Waals surface area contributed by atoms with Crippen LogP contribution in [-0.4, -0.2) is 32.9 Å². The van der Waals surface area contributed by atoms with Crippen LogP contribution in [-0.2, 0) is 9.53 Å². The number of aromatic nitrogens is 3. The SMILES string of the molecule is CCCCOC(=O)CSc1nc2ccccc2c(=O)n1-c1ccc(C)cn1. The number of benzene rings is 1. The van der Waals surface area contributed by atoms with E-state index in [0.29, 0.717) is 28.5 Å². The third-order valence-corrected chi connectivity index (χ3v) is 4.86. The van der Waals surface area contributed by atoms with Crippen molar-refractivity contribution in [1.82, 2.24) is 14.5 Å². The smallest absolute Gasteiger partial charge is 0.316 e. The maximum atomic E-state index is 13.0. The summed E-state index contributed by atoms with van der Waals surface area (Å²) in [5.74, 6) is 0.241. The minimum atomic E-state index is -0.320. The minimum Gasteiger partial charge on any atom is -0.465 e. The van der Waals surface area contributed by atoms with Crippen LogP contribution >= 0.6 is 11.8 Å². The summed E-state index contributed by atoms with van der Waals surface area (Å²) in [6.45, 7) is 4.38. The number of esters is 1. The molecule has 0 bridgehead atoms. The molecule has 6 nitrogen and oxygen atoms in total. The lowest BCUT2D eigenvalue weighted by Crippen LogP contribution is -2.23. The molecule has 0 spiro atoms. The second-order valence-electron chi connectivity index (χ2n) is 6.11. The number of hydrogen-bond acceptors (Lipinski definition) is 6. The Kier molecular flexibility index (Phi) is 6.24. The van der Waals surface area contributed by atoms with E-state index in [2.05, 4.69) is 9.97 Å². The molecule has 0 saturated heterocycles. The molecule has 140 valence electrons. The van der Waals surface area contributed by atoms with Crippen LogP contribution in [0.4, 0.5) is 0 Å². The topological polar surface area (TPSA) is 74.1 Å². The first kappa shape index (κ1) is 19.1. The Morgan fingerprint density at radius 2 is 2.04 bits per heavy atom. The first-order valence-corrected chi connectivity index (χ1v) is 9.82. The van der Waals surface area contributed by atoms with Crippen molar-refractivity contribution in [3.8, 4) is 5.82 Å². The standard InChI is InChI=1S/C20H21N3O3S/c1-3-4-11-26-18(24)13-27-20-22-16-8-6-5-7-15(16)19(25)23(20)17-10-9-14(2)12-21-17/h5-10,12H,3-4,11,13H2,1-2H3. The van der Waals surface area contributed by atoms with E-state index in [4.69, 9.17) is 4.74 Å². The van der Waals surface area contributed by atoms with E-state index in [1.165, 1.54) is 16.3 Å². The lowest BCUT2D eigenvalue weighted by atomic mass is 10.2. The normalized spacial score (nSPS) is 10.9. The van der Waals surface area contributed by atoms with Gasteiger partial charge in [0.15, 0.2) is 5.16 Å². The van der Waals surface area contributed by atoms with Crippen LogP contribution in [0.25, 0.3) is 16.7 Å². The third kappa shape index (κ3) is 4.54. The van der Waals surface area contributed by atoms with Gasteiger partial charge in [-0.25, -0.2) is 14.5 Å². The van der Waals surface area contributed by atoms with Crippen LogP contribution in [0.2, 0.25) is 0 Å². The number of para-hydroxylation sites is 1. The molecule has 0 aliphatic rings.